The number of nitrogen functional groups attached to an aromatic ring is 1. The Morgan fingerprint density at radius 3 is 2.15 bits per heavy atom. The van der Waals surface area contributed by atoms with Crippen molar-refractivity contribution in [2.45, 2.75) is 25.9 Å². The average Bonchev–Trinajstić information content (AvgIpc) is 2.66. The minimum Gasteiger partial charge on any atom is -0.382 e. The minimum atomic E-state index is -4.37. The topological polar surface area (TPSA) is 43.8 Å². The SMILES string of the molecule is CC(C)c1nn(-c2ccc(C(F)(F)F)cc2)c(N)c1Cl. The van der Waals surface area contributed by atoms with Gasteiger partial charge in [0.1, 0.15) is 10.8 Å². The predicted octanol–water partition coefficient (Wildman–Crippen LogP) is 4.25. The molecule has 2 rings (SSSR count). The van der Waals surface area contributed by atoms with Gasteiger partial charge in [-0.25, -0.2) is 4.68 Å². The number of rotatable bonds is 2. The van der Waals surface area contributed by atoms with Gasteiger partial charge in [0.15, 0.2) is 0 Å². The second kappa shape index (κ2) is 5.01. The lowest BCUT2D eigenvalue weighted by molar-refractivity contribution is -0.137. The van der Waals surface area contributed by atoms with Gasteiger partial charge in [0.05, 0.1) is 16.9 Å². The highest BCUT2D eigenvalue weighted by molar-refractivity contribution is 6.33. The average molecular weight is 304 g/mol. The first-order valence-corrected chi connectivity index (χ1v) is 6.31. The largest absolute Gasteiger partial charge is 0.416 e. The molecule has 7 heteroatoms. The highest BCUT2D eigenvalue weighted by Crippen LogP contribution is 2.32. The number of nitrogens with two attached hydrogens (primary N) is 1. The Labute approximate surface area is 119 Å². The van der Waals surface area contributed by atoms with Crippen LogP contribution < -0.4 is 5.73 Å². The van der Waals surface area contributed by atoms with Gasteiger partial charge in [0, 0.05) is 0 Å². The fourth-order valence-electron chi connectivity index (χ4n) is 1.79. The Bertz CT molecular complexity index is 615. The van der Waals surface area contributed by atoms with Gasteiger partial charge in [-0.2, -0.15) is 18.3 Å². The molecule has 2 aromatic rings. The van der Waals surface area contributed by atoms with Crippen molar-refractivity contribution in [1.82, 2.24) is 9.78 Å². The molecule has 0 unspecified atom stereocenters. The normalized spacial score (nSPS) is 12.2. The van der Waals surface area contributed by atoms with Crippen molar-refractivity contribution in [1.29, 1.82) is 0 Å². The fraction of sp³-hybridized carbons (Fsp3) is 0.308. The third kappa shape index (κ3) is 2.60. The van der Waals surface area contributed by atoms with Crippen molar-refractivity contribution in [3.05, 3.63) is 40.5 Å². The molecule has 1 aromatic carbocycles. The summed E-state index contributed by atoms with van der Waals surface area (Å²) < 4.78 is 38.9. The second-order valence-corrected chi connectivity index (χ2v) is 5.07. The third-order valence-corrected chi connectivity index (χ3v) is 3.26. The Morgan fingerprint density at radius 1 is 1.20 bits per heavy atom. The zero-order chi connectivity index (χ0) is 15.1. The first kappa shape index (κ1) is 14.7. The molecule has 108 valence electrons. The number of anilines is 1. The van der Waals surface area contributed by atoms with E-state index in [1.165, 1.54) is 16.8 Å². The monoisotopic (exact) mass is 303 g/mol. The summed E-state index contributed by atoms with van der Waals surface area (Å²) in [4.78, 5) is 0. The standard InChI is InChI=1S/C13H13ClF3N3/c1-7(2)11-10(14)12(18)20(19-11)9-5-3-8(4-6-9)13(15,16)17/h3-7H,18H2,1-2H3. The molecule has 0 saturated carbocycles. The number of hydrogen-bond donors (Lipinski definition) is 1. The van der Waals surface area contributed by atoms with Gasteiger partial charge >= 0.3 is 6.18 Å². The van der Waals surface area contributed by atoms with Crippen molar-refractivity contribution >= 4 is 17.4 Å². The van der Waals surface area contributed by atoms with Crippen molar-refractivity contribution in [2.75, 3.05) is 5.73 Å². The van der Waals surface area contributed by atoms with Crippen LogP contribution in [0, 0.1) is 0 Å². The van der Waals surface area contributed by atoms with Crippen LogP contribution in [0.1, 0.15) is 31.0 Å². The van der Waals surface area contributed by atoms with Gasteiger partial charge in [-0.1, -0.05) is 25.4 Å². The Hall–Kier alpha value is -1.69. The molecule has 3 nitrogen and oxygen atoms in total. The van der Waals surface area contributed by atoms with Gasteiger partial charge < -0.3 is 5.73 Å². The van der Waals surface area contributed by atoms with Crippen LogP contribution in [0.15, 0.2) is 24.3 Å². The summed E-state index contributed by atoms with van der Waals surface area (Å²) in [5.41, 5.74) is 6.17. The molecule has 0 saturated heterocycles. The van der Waals surface area contributed by atoms with Crippen molar-refractivity contribution < 1.29 is 13.2 Å². The Kier molecular flexibility index (Phi) is 3.69. The summed E-state index contributed by atoms with van der Waals surface area (Å²) in [6.07, 6.45) is -4.37. The van der Waals surface area contributed by atoms with Crippen LogP contribution in [0.25, 0.3) is 5.69 Å². The van der Waals surface area contributed by atoms with Crippen LogP contribution in [-0.2, 0) is 6.18 Å². The van der Waals surface area contributed by atoms with Crippen molar-refractivity contribution in [2.24, 2.45) is 0 Å². The number of aromatic nitrogens is 2. The third-order valence-electron chi connectivity index (χ3n) is 2.87. The molecule has 20 heavy (non-hydrogen) atoms. The summed E-state index contributed by atoms with van der Waals surface area (Å²) in [6.45, 7) is 3.81. The summed E-state index contributed by atoms with van der Waals surface area (Å²) in [6, 6.07) is 4.60. The maximum Gasteiger partial charge on any atom is 0.416 e. The molecule has 0 aliphatic rings. The van der Waals surface area contributed by atoms with Crippen LogP contribution in [0.3, 0.4) is 0 Å². The summed E-state index contributed by atoms with van der Waals surface area (Å²) in [5, 5.41) is 4.58. The van der Waals surface area contributed by atoms with Gasteiger partial charge in [-0.05, 0) is 30.2 Å². The highest BCUT2D eigenvalue weighted by Gasteiger charge is 2.30. The van der Waals surface area contributed by atoms with Gasteiger partial charge in [-0.3, -0.25) is 0 Å². The van der Waals surface area contributed by atoms with E-state index < -0.39 is 11.7 Å². The van der Waals surface area contributed by atoms with E-state index >= 15 is 0 Å². The molecule has 0 amide bonds. The maximum atomic E-state index is 12.5. The number of nitrogens with zero attached hydrogens (tertiary/aromatic N) is 2. The molecule has 2 N–H and O–H groups in total. The van der Waals surface area contributed by atoms with Crippen LogP contribution in [-0.4, -0.2) is 9.78 Å². The van der Waals surface area contributed by atoms with Crippen LogP contribution in [0.4, 0.5) is 19.0 Å². The number of halogens is 4. The number of hydrogen-bond acceptors (Lipinski definition) is 2. The fourth-order valence-corrected chi connectivity index (χ4v) is 2.12. The second-order valence-electron chi connectivity index (χ2n) is 4.70. The molecular weight excluding hydrogens is 291 g/mol. The van der Waals surface area contributed by atoms with E-state index in [2.05, 4.69) is 5.10 Å². The summed E-state index contributed by atoms with van der Waals surface area (Å²) in [5.74, 6) is 0.288. The van der Waals surface area contributed by atoms with E-state index in [4.69, 9.17) is 17.3 Å². The molecule has 0 fully saturated rings. The molecule has 0 bridgehead atoms. The molecule has 0 atom stereocenters. The summed E-state index contributed by atoms with van der Waals surface area (Å²) in [7, 11) is 0. The molecule has 0 aliphatic heterocycles. The van der Waals surface area contributed by atoms with E-state index in [-0.39, 0.29) is 11.7 Å². The number of benzene rings is 1. The molecule has 0 aliphatic carbocycles. The van der Waals surface area contributed by atoms with E-state index in [1.54, 1.807) is 0 Å². The number of alkyl halides is 3. The molecule has 1 heterocycles. The first-order chi connectivity index (χ1) is 9.21. The minimum absolute atomic E-state index is 0.0699. The van der Waals surface area contributed by atoms with Crippen molar-refractivity contribution in [3.8, 4) is 5.69 Å². The van der Waals surface area contributed by atoms with Gasteiger partial charge in [-0.15, -0.1) is 0 Å². The molecule has 0 radical (unpaired) electrons. The Morgan fingerprint density at radius 2 is 1.75 bits per heavy atom. The van der Waals surface area contributed by atoms with Gasteiger partial charge in [0.2, 0.25) is 0 Å². The highest BCUT2D eigenvalue weighted by atomic mass is 35.5. The van der Waals surface area contributed by atoms with E-state index in [9.17, 15) is 13.2 Å². The van der Waals surface area contributed by atoms with Crippen molar-refractivity contribution in [3.63, 3.8) is 0 Å². The van der Waals surface area contributed by atoms with E-state index in [0.717, 1.165) is 12.1 Å². The molecule has 1 aromatic heterocycles. The zero-order valence-electron chi connectivity index (χ0n) is 10.9. The predicted molar refractivity (Wildman–Crippen MR) is 72.1 cm³/mol. The maximum absolute atomic E-state index is 12.5. The lowest BCUT2D eigenvalue weighted by atomic mass is 10.1. The van der Waals surface area contributed by atoms with Crippen LogP contribution in [0.2, 0.25) is 5.02 Å². The van der Waals surface area contributed by atoms with Crippen LogP contribution >= 0.6 is 11.6 Å². The lowest BCUT2D eigenvalue weighted by Gasteiger charge is -2.08. The summed E-state index contributed by atoms with van der Waals surface area (Å²) >= 11 is 6.07. The molecular formula is C13H13ClF3N3. The van der Waals surface area contributed by atoms with Crippen LogP contribution in [0.5, 0.6) is 0 Å². The Balaban J connectivity index is 2.45. The molecule has 0 spiro atoms. The zero-order valence-corrected chi connectivity index (χ0v) is 11.6. The lowest BCUT2D eigenvalue weighted by Crippen LogP contribution is -2.06. The van der Waals surface area contributed by atoms with Gasteiger partial charge in [0.25, 0.3) is 0 Å². The van der Waals surface area contributed by atoms with E-state index in [1.807, 2.05) is 13.8 Å². The van der Waals surface area contributed by atoms with E-state index in [0.29, 0.717) is 16.4 Å². The first-order valence-electron chi connectivity index (χ1n) is 5.93. The smallest absolute Gasteiger partial charge is 0.382 e. The quantitative estimate of drug-likeness (QED) is 0.901.